The largest absolute Gasteiger partial charge is 0.486 e. The van der Waals surface area contributed by atoms with E-state index in [-0.39, 0.29) is 24.0 Å². The van der Waals surface area contributed by atoms with E-state index >= 15 is 0 Å². The first-order valence-electron chi connectivity index (χ1n) is 10.6. The minimum atomic E-state index is 0. The zero-order valence-electron chi connectivity index (χ0n) is 17.5. The Bertz CT molecular complexity index is 835. The van der Waals surface area contributed by atoms with Gasteiger partial charge in [-0.15, -0.1) is 34.2 Å². The van der Waals surface area contributed by atoms with Crippen LogP contribution in [0.1, 0.15) is 31.2 Å². The molecule has 1 aromatic heterocycles. The van der Waals surface area contributed by atoms with Gasteiger partial charge in [-0.3, -0.25) is 4.99 Å². The Morgan fingerprint density at radius 1 is 1.17 bits per heavy atom. The number of aryl methyl sites for hydroxylation is 1. The van der Waals surface area contributed by atoms with Crippen LogP contribution in [0, 0.1) is 0 Å². The van der Waals surface area contributed by atoms with Crippen molar-refractivity contribution in [3.05, 3.63) is 35.9 Å². The first-order chi connectivity index (χ1) is 14.3. The number of halogens is 1. The fraction of sp³-hybridized carbons (Fsp3) is 0.571. The highest BCUT2D eigenvalue weighted by atomic mass is 127. The average Bonchev–Trinajstić information content (AvgIpc) is 3.44. The van der Waals surface area contributed by atoms with Crippen molar-refractivity contribution in [1.29, 1.82) is 0 Å². The Morgan fingerprint density at radius 2 is 1.97 bits per heavy atom. The van der Waals surface area contributed by atoms with Crippen molar-refractivity contribution in [3.8, 4) is 11.5 Å². The van der Waals surface area contributed by atoms with Gasteiger partial charge in [-0.1, -0.05) is 13.0 Å². The van der Waals surface area contributed by atoms with Gasteiger partial charge >= 0.3 is 0 Å². The highest BCUT2D eigenvalue weighted by molar-refractivity contribution is 14.0. The third-order valence-corrected chi connectivity index (χ3v) is 5.32. The van der Waals surface area contributed by atoms with E-state index in [0.29, 0.717) is 13.2 Å². The predicted octanol–water partition coefficient (Wildman–Crippen LogP) is 2.51. The molecule has 0 aliphatic carbocycles. The molecule has 30 heavy (non-hydrogen) atoms. The first-order valence-corrected chi connectivity index (χ1v) is 10.6. The summed E-state index contributed by atoms with van der Waals surface area (Å²) in [7, 11) is 0. The molecule has 3 heterocycles. The predicted molar refractivity (Wildman–Crippen MR) is 127 cm³/mol. The second kappa shape index (κ2) is 11.4. The molecule has 1 N–H and O–H groups in total. The maximum absolute atomic E-state index is 5.69. The Balaban J connectivity index is 0.00000256. The Labute approximate surface area is 195 Å². The minimum absolute atomic E-state index is 0. The molecule has 1 aromatic carbocycles. The van der Waals surface area contributed by atoms with Crippen LogP contribution in [0.5, 0.6) is 11.5 Å². The molecule has 0 unspecified atom stereocenters. The van der Waals surface area contributed by atoms with Crippen molar-refractivity contribution in [1.82, 2.24) is 25.0 Å². The lowest BCUT2D eigenvalue weighted by atomic mass is 10.1. The number of aromatic nitrogens is 3. The highest BCUT2D eigenvalue weighted by Crippen LogP contribution is 2.30. The van der Waals surface area contributed by atoms with Gasteiger partial charge in [0.1, 0.15) is 25.4 Å². The number of guanidine groups is 1. The molecule has 4 rings (SSSR count). The molecule has 2 aromatic rings. The number of ether oxygens (including phenoxy) is 2. The Kier molecular flexibility index (Phi) is 8.59. The monoisotopic (exact) mass is 526 g/mol. The van der Waals surface area contributed by atoms with Crippen LogP contribution in [0.3, 0.4) is 0 Å². The maximum atomic E-state index is 5.69. The molecule has 0 atom stereocenters. The van der Waals surface area contributed by atoms with Crippen LogP contribution in [0.2, 0.25) is 0 Å². The molecule has 8 nitrogen and oxygen atoms in total. The number of nitrogens with zero attached hydrogens (tertiary/aromatic N) is 5. The molecule has 0 bridgehead atoms. The summed E-state index contributed by atoms with van der Waals surface area (Å²) in [5, 5.41) is 11.7. The van der Waals surface area contributed by atoms with Crippen molar-refractivity contribution in [2.75, 3.05) is 39.4 Å². The quantitative estimate of drug-likeness (QED) is 0.340. The molecular formula is C21H31IN6O2. The van der Waals surface area contributed by atoms with Gasteiger partial charge in [0.25, 0.3) is 0 Å². The molecule has 0 radical (unpaired) electrons. The molecule has 2 aliphatic heterocycles. The van der Waals surface area contributed by atoms with Crippen LogP contribution in [-0.4, -0.2) is 65.0 Å². The normalized spacial score (nSPS) is 15.8. The number of fused-ring (bicyclic) bond motifs is 1. The molecule has 0 amide bonds. The summed E-state index contributed by atoms with van der Waals surface area (Å²) in [6.45, 7) is 7.87. The zero-order chi connectivity index (χ0) is 19.9. The van der Waals surface area contributed by atoms with Crippen LogP contribution >= 0.6 is 24.0 Å². The van der Waals surface area contributed by atoms with Crippen molar-refractivity contribution < 1.29 is 9.47 Å². The number of hydrogen-bond donors (Lipinski definition) is 1. The van der Waals surface area contributed by atoms with Crippen LogP contribution in [-0.2, 0) is 19.4 Å². The number of likely N-dealkylation sites (tertiary alicyclic amines) is 1. The summed E-state index contributed by atoms with van der Waals surface area (Å²) in [4.78, 5) is 7.25. The third-order valence-electron chi connectivity index (χ3n) is 5.32. The molecule has 2 aliphatic rings. The number of aliphatic imine (C=N–C) groups is 1. The van der Waals surface area contributed by atoms with Gasteiger partial charge in [-0.2, -0.15) is 0 Å². The van der Waals surface area contributed by atoms with E-state index in [1.165, 1.54) is 18.4 Å². The summed E-state index contributed by atoms with van der Waals surface area (Å²) < 4.78 is 13.4. The van der Waals surface area contributed by atoms with E-state index in [9.17, 15) is 0 Å². The van der Waals surface area contributed by atoms with Crippen LogP contribution in [0.15, 0.2) is 29.5 Å². The van der Waals surface area contributed by atoms with Gasteiger partial charge in [0.05, 0.1) is 0 Å². The fourth-order valence-electron chi connectivity index (χ4n) is 3.76. The van der Waals surface area contributed by atoms with Gasteiger partial charge < -0.3 is 24.3 Å². The Morgan fingerprint density at radius 3 is 2.77 bits per heavy atom. The first kappa shape index (κ1) is 22.6. The van der Waals surface area contributed by atoms with E-state index < -0.39 is 0 Å². The highest BCUT2D eigenvalue weighted by Gasteiger charge is 2.16. The molecule has 0 spiro atoms. The topological polar surface area (TPSA) is 76.8 Å². The number of nitrogens with one attached hydrogen (secondary N) is 1. The second-order valence-corrected chi connectivity index (χ2v) is 7.35. The van der Waals surface area contributed by atoms with E-state index in [4.69, 9.17) is 14.5 Å². The molecule has 1 fully saturated rings. The summed E-state index contributed by atoms with van der Waals surface area (Å²) in [5.74, 6) is 3.70. The third kappa shape index (κ3) is 5.77. The van der Waals surface area contributed by atoms with E-state index in [0.717, 1.165) is 68.8 Å². The molecule has 1 saturated heterocycles. The van der Waals surface area contributed by atoms with E-state index in [1.807, 2.05) is 6.07 Å². The van der Waals surface area contributed by atoms with Gasteiger partial charge in [-0.25, -0.2) is 0 Å². The van der Waals surface area contributed by atoms with Crippen LogP contribution in [0.4, 0.5) is 0 Å². The van der Waals surface area contributed by atoms with E-state index in [1.54, 1.807) is 6.33 Å². The van der Waals surface area contributed by atoms with Gasteiger partial charge in [0.2, 0.25) is 0 Å². The summed E-state index contributed by atoms with van der Waals surface area (Å²) in [6.07, 6.45) is 6.03. The summed E-state index contributed by atoms with van der Waals surface area (Å²) >= 11 is 0. The number of hydrogen-bond acceptors (Lipinski definition) is 5. The molecular weight excluding hydrogens is 495 g/mol. The van der Waals surface area contributed by atoms with Crippen LogP contribution < -0.4 is 14.8 Å². The molecule has 164 valence electrons. The summed E-state index contributed by atoms with van der Waals surface area (Å²) in [5.41, 5.74) is 1.22. The molecule has 9 heteroatoms. The average molecular weight is 526 g/mol. The number of rotatable bonds is 7. The van der Waals surface area contributed by atoms with Gasteiger partial charge in [-0.05, 0) is 37.0 Å². The van der Waals surface area contributed by atoms with E-state index in [2.05, 4.69) is 44.0 Å². The lowest BCUT2D eigenvalue weighted by molar-refractivity contribution is 0.171. The van der Waals surface area contributed by atoms with Crippen LogP contribution in [0.25, 0.3) is 0 Å². The Hall–Kier alpha value is -2.04. The van der Waals surface area contributed by atoms with Crippen molar-refractivity contribution in [2.45, 2.75) is 39.2 Å². The lowest BCUT2D eigenvalue weighted by Crippen LogP contribution is -2.41. The van der Waals surface area contributed by atoms with Crippen molar-refractivity contribution in [2.24, 2.45) is 4.99 Å². The smallest absolute Gasteiger partial charge is 0.193 e. The van der Waals surface area contributed by atoms with Gasteiger partial charge in [0, 0.05) is 39.1 Å². The summed E-state index contributed by atoms with van der Waals surface area (Å²) in [6, 6.07) is 6.17. The lowest BCUT2D eigenvalue weighted by Gasteiger charge is -2.22. The fourth-order valence-corrected chi connectivity index (χ4v) is 3.76. The SMILES string of the molecule is CCc1nncn1CCNC(=NCCc1ccc2c(c1)OCCO2)N1CCCC1.I. The van der Waals surface area contributed by atoms with Crippen molar-refractivity contribution in [3.63, 3.8) is 0 Å². The van der Waals surface area contributed by atoms with Gasteiger partial charge in [0.15, 0.2) is 17.5 Å². The second-order valence-electron chi connectivity index (χ2n) is 7.35. The minimum Gasteiger partial charge on any atom is -0.486 e. The zero-order valence-corrected chi connectivity index (χ0v) is 19.9. The van der Waals surface area contributed by atoms with Crippen molar-refractivity contribution >= 4 is 29.9 Å². The molecule has 0 saturated carbocycles. The standard InChI is InChI=1S/C21H30N6O2.HI/c1-2-20-25-24-16-27(20)12-9-23-21(26-10-3-4-11-26)22-8-7-17-5-6-18-19(15-17)29-14-13-28-18;/h5-6,15-16H,2-4,7-14H2,1H3,(H,22,23);1H. The maximum Gasteiger partial charge on any atom is 0.193 e. The number of benzene rings is 1.